The molecule has 1 aliphatic heterocycles. The van der Waals surface area contributed by atoms with E-state index < -0.39 is 0 Å². The number of hydrogen-bond donors (Lipinski definition) is 2. The smallest absolute Gasteiger partial charge is 0.230 e. The molecule has 5 nitrogen and oxygen atoms in total. The number of pyridine rings is 1. The topological polar surface area (TPSA) is 70.7 Å². The van der Waals surface area contributed by atoms with Crippen LogP contribution in [-0.4, -0.2) is 21.1 Å². The van der Waals surface area contributed by atoms with Gasteiger partial charge in [0.1, 0.15) is 5.82 Å². The van der Waals surface area contributed by atoms with Crippen LogP contribution in [-0.2, 0) is 11.2 Å². The van der Waals surface area contributed by atoms with Crippen molar-refractivity contribution in [3.05, 3.63) is 30.2 Å². The zero-order valence-electron chi connectivity index (χ0n) is 7.82. The van der Waals surface area contributed by atoms with Gasteiger partial charge in [0, 0.05) is 23.5 Å². The normalized spacial score (nSPS) is 13.7. The van der Waals surface area contributed by atoms with E-state index in [4.69, 9.17) is 0 Å². The van der Waals surface area contributed by atoms with Gasteiger partial charge < -0.3 is 5.32 Å². The number of H-pyrrole nitrogens is 1. The van der Waals surface area contributed by atoms with Gasteiger partial charge in [-0.1, -0.05) is 0 Å². The Kier molecular flexibility index (Phi) is 1.58. The molecule has 0 bridgehead atoms. The fraction of sp³-hybridized carbons (Fsp3) is 0.100. The summed E-state index contributed by atoms with van der Waals surface area (Å²) in [5.74, 6) is 0.659. The second kappa shape index (κ2) is 2.91. The van der Waals surface area contributed by atoms with Crippen molar-refractivity contribution in [3.8, 4) is 11.1 Å². The molecule has 0 spiro atoms. The maximum Gasteiger partial charge on any atom is 0.230 e. The second-order valence-corrected chi connectivity index (χ2v) is 3.40. The zero-order valence-corrected chi connectivity index (χ0v) is 7.82. The van der Waals surface area contributed by atoms with Gasteiger partial charge in [-0.05, 0) is 11.6 Å². The van der Waals surface area contributed by atoms with Crippen molar-refractivity contribution in [1.82, 2.24) is 15.2 Å². The van der Waals surface area contributed by atoms with E-state index in [1.165, 1.54) is 0 Å². The van der Waals surface area contributed by atoms with Crippen molar-refractivity contribution in [1.29, 1.82) is 0 Å². The maximum absolute atomic E-state index is 11.2. The Morgan fingerprint density at radius 2 is 2.33 bits per heavy atom. The van der Waals surface area contributed by atoms with Crippen LogP contribution in [0.5, 0.6) is 0 Å². The molecular formula is C10H8N4O. The first-order chi connectivity index (χ1) is 7.34. The summed E-state index contributed by atoms with van der Waals surface area (Å²) < 4.78 is 0. The van der Waals surface area contributed by atoms with Crippen LogP contribution in [0.2, 0.25) is 0 Å². The molecule has 0 aliphatic carbocycles. The lowest BCUT2D eigenvalue weighted by molar-refractivity contribution is -0.115. The molecule has 1 aliphatic rings. The number of fused-ring (bicyclic) bond motifs is 1. The van der Waals surface area contributed by atoms with Crippen LogP contribution < -0.4 is 5.32 Å². The molecule has 0 fully saturated rings. The van der Waals surface area contributed by atoms with Crippen LogP contribution in [0.15, 0.2) is 24.7 Å². The minimum Gasteiger partial charge on any atom is -0.310 e. The highest BCUT2D eigenvalue weighted by Gasteiger charge is 2.22. The first kappa shape index (κ1) is 8.16. The van der Waals surface area contributed by atoms with Gasteiger partial charge in [-0.2, -0.15) is 5.10 Å². The number of aromatic nitrogens is 3. The average molecular weight is 200 g/mol. The van der Waals surface area contributed by atoms with E-state index >= 15 is 0 Å². The third-order valence-electron chi connectivity index (χ3n) is 2.46. The van der Waals surface area contributed by atoms with E-state index in [2.05, 4.69) is 20.5 Å². The minimum absolute atomic E-state index is 0.00607. The van der Waals surface area contributed by atoms with Crippen LogP contribution in [0.4, 0.5) is 5.82 Å². The van der Waals surface area contributed by atoms with Crippen molar-refractivity contribution in [3.63, 3.8) is 0 Å². The number of carbonyl (C=O) groups excluding carboxylic acids is 1. The number of aromatic amines is 1. The number of hydrogen-bond acceptors (Lipinski definition) is 3. The molecule has 1 amide bonds. The van der Waals surface area contributed by atoms with Gasteiger partial charge in [0.25, 0.3) is 0 Å². The second-order valence-electron chi connectivity index (χ2n) is 3.40. The number of carbonyl (C=O) groups is 1. The van der Waals surface area contributed by atoms with Gasteiger partial charge in [0.05, 0.1) is 12.6 Å². The van der Waals surface area contributed by atoms with Gasteiger partial charge in [-0.25, -0.2) is 4.98 Å². The molecule has 2 N–H and O–H groups in total. The highest BCUT2D eigenvalue weighted by Crippen LogP contribution is 2.30. The van der Waals surface area contributed by atoms with Crippen molar-refractivity contribution in [2.45, 2.75) is 6.42 Å². The summed E-state index contributed by atoms with van der Waals surface area (Å²) in [5, 5.41) is 9.37. The molecule has 3 heterocycles. The van der Waals surface area contributed by atoms with Crippen molar-refractivity contribution >= 4 is 11.7 Å². The highest BCUT2D eigenvalue weighted by atomic mass is 16.1. The molecule has 2 aromatic rings. The lowest BCUT2D eigenvalue weighted by Crippen LogP contribution is -2.04. The van der Waals surface area contributed by atoms with Gasteiger partial charge in [0.15, 0.2) is 0 Å². The van der Waals surface area contributed by atoms with Crippen LogP contribution in [0.1, 0.15) is 5.56 Å². The third kappa shape index (κ3) is 1.20. The lowest BCUT2D eigenvalue weighted by Gasteiger charge is -2.02. The van der Waals surface area contributed by atoms with Crippen LogP contribution in [0.25, 0.3) is 11.1 Å². The number of amides is 1. The molecule has 0 atom stereocenters. The van der Waals surface area contributed by atoms with Crippen molar-refractivity contribution in [2.24, 2.45) is 0 Å². The largest absolute Gasteiger partial charge is 0.310 e. The molecule has 0 saturated carbocycles. The molecule has 0 saturated heterocycles. The summed E-state index contributed by atoms with van der Waals surface area (Å²) in [6.45, 7) is 0. The fourth-order valence-corrected chi connectivity index (χ4v) is 1.78. The Morgan fingerprint density at radius 3 is 3.13 bits per heavy atom. The predicted molar refractivity (Wildman–Crippen MR) is 54.2 cm³/mol. The Hall–Kier alpha value is -2.17. The lowest BCUT2D eigenvalue weighted by atomic mass is 10.0. The van der Waals surface area contributed by atoms with Crippen molar-refractivity contribution < 1.29 is 4.79 Å². The molecule has 15 heavy (non-hydrogen) atoms. The van der Waals surface area contributed by atoms with E-state index in [-0.39, 0.29) is 5.91 Å². The number of nitrogens with zero attached hydrogens (tertiary/aromatic N) is 2. The summed E-state index contributed by atoms with van der Waals surface area (Å²) >= 11 is 0. The summed E-state index contributed by atoms with van der Waals surface area (Å²) in [4.78, 5) is 15.4. The summed E-state index contributed by atoms with van der Waals surface area (Å²) in [7, 11) is 0. The van der Waals surface area contributed by atoms with E-state index in [1.54, 1.807) is 18.6 Å². The monoisotopic (exact) mass is 200 g/mol. The van der Waals surface area contributed by atoms with Gasteiger partial charge >= 0.3 is 0 Å². The van der Waals surface area contributed by atoms with E-state index in [9.17, 15) is 4.79 Å². The predicted octanol–water partition coefficient (Wildman–Crippen LogP) is 0.966. The van der Waals surface area contributed by atoms with E-state index in [0.717, 1.165) is 16.7 Å². The quantitative estimate of drug-likeness (QED) is 0.720. The van der Waals surface area contributed by atoms with Gasteiger partial charge in [-0.3, -0.25) is 9.89 Å². The molecule has 0 aromatic carbocycles. The van der Waals surface area contributed by atoms with Gasteiger partial charge in [0.2, 0.25) is 5.91 Å². The van der Waals surface area contributed by atoms with Crippen LogP contribution in [0.3, 0.4) is 0 Å². The standard InChI is InChI=1S/C10H8N4O/c15-9-3-8-7(6-4-12-13-5-6)1-2-11-10(8)14-9/h1-2,4-5H,3H2,(H,12,13)(H,11,14,15). The van der Waals surface area contributed by atoms with Crippen LogP contribution in [0, 0.1) is 0 Å². The summed E-state index contributed by atoms with van der Waals surface area (Å²) in [6, 6.07) is 1.89. The van der Waals surface area contributed by atoms with E-state index in [1.807, 2.05) is 6.07 Å². The summed E-state index contributed by atoms with van der Waals surface area (Å²) in [5.41, 5.74) is 2.93. The Bertz CT molecular complexity index is 518. The molecule has 5 heteroatoms. The number of anilines is 1. The third-order valence-corrected chi connectivity index (χ3v) is 2.46. The number of rotatable bonds is 1. The summed E-state index contributed by atoms with van der Waals surface area (Å²) in [6.07, 6.45) is 5.62. The minimum atomic E-state index is -0.00607. The fourth-order valence-electron chi connectivity index (χ4n) is 1.78. The molecule has 0 unspecified atom stereocenters. The Balaban J connectivity index is 2.19. The molecule has 0 radical (unpaired) electrons. The molecule has 74 valence electrons. The first-order valence-electron chi connectivity index (χ1n) is 4.61. The highest BCUT2D eigenvalue weighted by molar-refractivity contribution is 6.00. The molecular weight excluding hydrogens is 192 g/mol. The van der Waals surface area contributed by atoms with Gasteiger partial charge in [-0.15, -0.1) is 0 Å². The zero-order chi connectivity index (χ0) is 10.3. The average Bonchev–Trinajstić information content (AvgIpc) is 2.82. The molecule has 3 rings (SSSR count). The van der Waals surface area contributed by atoms with Crippen molar-refractivity contribution in [2.75, 3.05) is 5.32 Å². The van der Waals surface area contributed by atoms with Crippen LogP contribution >= 0.6 is 0 Å². The first-order valence-corrected chi connectivity index (χ1v) is 4.61. The SMILES string of the molecule is O=C1Cc2c(-c3cn[nH]c3)ccnc2N1. The maximum atomic E-state index is 11.2. The Morgan fingerprint density at radius 1 is 1.40 bits per heavy atom. The van der Waals surface area contributed by atoms with E-state index in [0.29, 0.717) is 12.2 Å². The Labute approximate surface area is 85.5 Å². The number of nitrogens with one attached hydrogen (secondary N) is 2. The molecule has 2 aromatic heterocycles.